The smallest absolute Gasteiger partial charge is 0.234 e. The third-order valence-electron chi connectivity index (χ3n) is 3.74. The fourth-order valence-corrected chi connectivity index (χ4v) is 3.46. The molecule has 8 heteroatoms. The van der Waals surface area contributed by atoms with E-state index in [0.717, 1.165) is 30.1 Å². The van der Waals surface area contributed by atoms with Crippen LogP contribution >= 0.6 is 23.4 Å². The van der Waals surface area contributed by atoms with Gasteiger partial charge in [-0.2, -0.15) is 0 Å². The summed E-state index contributed by atoms with van der Waals surface area (Å²) in [6.07, 6.45) is 2.57. The van der Waals surface area contributed by atoms with Crippen LogP contribution in [0.4, 0.5) is 5.69 Å². The van der Waals surface area contributed by atoms with Crippen LogP contribution in [0.1, 0.15) is 19.1 Å². The Morgan fingerprint density at radius 2 is 2.12 bits per heavy atom. The van der Waals surface area contributed by atoms with E-state index in [9.17, 15) is 4.79 Å². The van der Waals surface area contributed by atoms with Gasteiger partial charge in [0.05, 0.1) is 28.3 Å². The van der Waals surface area contributed by atoms with Crippen molar-refractivity contribution >= 4 is 35.0 Å². The number of rotatable bonds is 7. The Morgan fingerprint density at radius 3 is 2.81 bits per heavy atom. The first-order chi connectivity index (χ1) is 12.6. The average Bonchev–Trinajstić information content (AvgIpc) is 3.21. The Bertz CT molecular complexity index is 906. The molecule has 1 aromatic carbocycles. The van der Waals surface area contributed by atoms with Gasteiger partial charge in [0.1, 0.15) is 5.76 Å². The molecule has 0 atom stereocenters. The molecule has 136 valence electrons. The molecule has 2 aromatic heterocycles. The molecule has 0 unspecified atom stereocenters. The Balaban J connectivity index is 1.72. The van der Waals surface area contributed by atoms with Gasteiger partial charge in [-0.1, -0.05) is 42.4 Å². The fraction of sp³-hybridized carbons (Fsp3) is 0.278. The van der Waals surface area contributed by atoms with Crippen LogP contribution < -0.4 is 5.32 Å². The lowest BCUT2D eigenvalue weighted by Crippen LogP contribution is -2.15. The second-order valence-corrected chi connectivity index (χ2v) is 7.01. The van der Waals surface area contributed by atoms with E-state index in [-0.39, 0.29) is 11.7 Å². The first-order valence-corrected chi connectivity index (χ1v) is 9.61. The summed E-state index contributed by atoms with van der Waals surface area (Å²) in [5.41, 5.74) is 1.52. The van der Waals surface area contributed by atoms with Crippen LogP contribution in [0, 0.1) is 6.92 Å². The topological polar surface area (TPSA) is 73.0 Å². The van der Waals surface area contributed by atoms with Crippen molar-refractivity contribution in [2.75, 3.05) is 11.1 Å². The summed E-state index contributed by atoms with van der Waals surface area (Å²) in [6, 6.07) is 9.03. The Hall–Kier alpha value is -2.25. The van der Waals surface area contributed by atoms with Crippen molar-refractivity contribution in [3.8, 4) is 11.4 Å². The standard InChI is InChI=1S/C18H19ClN4O2S/c1-3-9-23-17(13-8-10-25-12(13)2)21-22-18(23)26-11-16(24)20-15-7-5-4-6-14(15)19/h4-8,10H,3,9,11H2,1-2H3,(H,20,24). The van der Waals surface area contributed by atoms with Crippen LogP contribution in [0.25, 0.3) is 11.4 Å². The lowest BCUT2D eigenvalue weighted by molar-refractivity contribution is -0.113. The highest BCUT2D eigenvalue weighted by molar-refractivity contribution is 7.99. The zero-order valence-electron chi connectivity index (χ0n) is 14.5. The number of nitrogens with zero attached hydrogens (tertiary/aromatic N) is 3. The minimum Gasteiger partial charge on any atom is -0.469 e. The summed E-state index contributed by atoms with van der Waals surface area (Å²) in [4.78, 5) is 12.2. The normalized spacial score (nSPS) is 10.9. The third-order valence-corrected chi connectivity index (χ3v) is 5.04. The highest BCUT2D eigenvalue weighted by Crippen LogP contribution is 2.27. The first kappa shape index (κ1) is 18.5. The fourth-order valence-electron chi connectivity index (χ4n) is 2.52. The number of anilines is 1. The monoisotopic (exact) mass is 390 g/mol. The molecule has 0 saturated carbocycles. The minimum absolute atomic E-state index is 0.143. The maximum absolute atomic E-state index is 12.2. The van der Waals surface area contributed by atoms with Crippen molar-refractivity contribution in [2.45, 2.75) is 32.0 Å². The quantitative estimate of drug-likeness (QED) is 0.595. The van der Waals surface area contributed by atoms with Crippen LogP contribution in [0.3, 0.4) is 0 Å². The summed E-state index contributed by atoms with van der Waals surface area (Å²) < 4.78 is 7.39. The number of hydrogen-bond acceptors (Lipinski definition) is 5. The van der Waals surface area contributed by atoms with Gasteiger partial charge in [-0.15, -0.1) is 10.2 Å². The number of benzene rings is 1. The van der Waals surface area contributed by atoms with E-state index in [1.54, 1.807) is 18.4 Å². The molecule has 3 aromatic rings. The van der Waals surface area contributed by atoms with E-state index in [1.807, 2.05) is 29.7 Å². The number of furan rings is 1. The van der Waals surface area contributed by atoms with Gasteiger partial charge < -0.3 is 14.3 Å². The summed E-state index contributed by atoms with van der Waals surface area (Å²) in [7, 11) is 0. The highest BCUT2D eigenvalue weighted by atomic mass is 35.5. The Labute approximate surface area is 160 Å². The predicted molar refractivity (Wildman–Crippen MR) is 104 cm³/mol. The number of para-hydroxylation sites is 1. The molecule has 3 rings (SSSR count). The van der Waals surface area contributed by atoms with E-state index < -0.39 is 0 Å². The third kappa shape index (κ3) is 4.11. The molecule has 0 aliphatic heterocycles. The van der Waals surface area contributed by atoms with E-state index in [4.69, 9.17) is 16.0 Å². The van der Waals surface area contributed by atoms with Gasteiger partial charge in [-0.25, -0.2) is 0 Å². The molecule has 0 aliphatic rings. The minimum atomic E-state index is -0.143. The molecule has 0 aliphatic carbocycles. The average molecular weight is 391 g/mol. The number of amides is 1. The second-order valence-electron chi connectivity index (χ2n) is 5.66. The van der Waals surface area contributed by atoms with Crippen molar-refractivity contribution in [3.05, 3.63) is 47.4 Å². The number of nitrogens with one attached hydrogen (secondary N) is 1. The Kier molecular flexibility index (Phi) is 6.00. The van der Waals surface area contributed by atoms with E-state index >= 15 is 0 Å². The summed E-state index contributed by atoms with van der Waals surface area (Å²) >= 11 is 7.42. The number of aryl methyl sites for hydroxylation is 1. The maximum atomic E-state index is 12.2. The molecule has 0 bridgehead atoms. The van der Waals surface area contributed by atoms with Crippen LogP contribution in [0.2, 0.25) is 5.02 Å². The molecule has 0 saturated heterocycles. The highest BCUT2D eigenvalue weighted by Gasteiger charge is 2.18. The van der Waals surface area contributed by atoms with Crippen molar-refractivity contribution in [1.29, 1.82) is 0 Å². The molecule has 1 amide bonds. The first-order valence-electron chi connectivity index (χ1n) is 8.25. The number of halogens is 1. The lowest BCUT2D eigenvalue weighted by Gasteiger charge is -2.09. The van der Waals surface area contributed by atoms with Gasteiger partial charge in [-0.3, -0.25) is 4.79 Å². The molecule has 0 radical (unpaired) electrons. The zero-order chi connectivity index (χ0) is 18.5. The predicted octanol–water partition coefficient (Wildman–Crippen LogP) is 4.64. The summed E-state index contributed by atoms with van der Waals surface area (Å²) in [6.45, 7) is 4.75. The number of hydrogen-bond donors (Lipinski definition) is 1. The van der Waals surface area contributed by atoms with Crippen LogP contribution in [-0.2, 0) is 11.3 Å². The maximum Gasteiger partial charge on any atom is 0.234 e. The van der Waals surface area contributed by atoms with Gasteiger partial charge >= 0.3 is 0 Å². The van der Waals surface area contributed by atoms with Crippen LogP contribution in [0.15, 0.2) is 46.2 Å². The summed E-state index contributed by atoms with van der Waals surface area (Å²) in [5.74, 6) is 1.63. The second kappa shape index (κ2) is 8.42. The summed E-state index contributed by atoms with van der Waals surface area (Å²) in [5, 5.41) is 12.6. The number of aromatic nitrogens is 3. The molecule has 0 fully saturated rings. The van der Waals surface area contributed by atoms with E-state index in [0.29, 0.717) is 15.9 Å². The van der Waals surface area contributed by atoms with Gasteiger partial charge in [0.2, 0.25) is 5.91 Å². The van der Waals surface area contributed by atoms with Gasteiger partial charge in [0, 0.05) is 6.54 Å². The SMILES string of the molecule is CCCn1c(SCC(=O)Nc2ccccc2Cl)nnc1-c1ccoc1C. The van der Waals surface area contributed by atoms with E-state index in [1.165, 1.54) is 11.8 Å². The molecule has 1 N–H and O–H groups in total. The molecule has 0 spiro atoms. The molecule has 2 heterocycles. The van der Waals surface area contributed by atoms with Crippen molar-refractivity contribution < 1.29 is 9.21 Å². The largest absolute Gasteiger partial charge is 0.469 e. The van der Waals surface area contributed by atoms with Crippen molar-refractivity contribution in [2.24, 2.45) is 0 Å². The lowest BCUT2D eigenvalue weighted by atomic mass is 10.2. The van der Waals surface area contributed by atoms with Gasteiger partial charge in [0.25, 0.3) is 0 Å². The Morgan fingerprint density at radius 1 is 1.31 bits per heavy atom. The van der Waals surface area contributed by atoms with Gasteiger partial charge in [0.15, 0.2) is 11.0 Å². The van der Waals surface area contributed by atoms with Crippen LogP contribution in [0.5, 0.6) is 0 Å². The number of thioether (sulfide) groups is 1. The zero-order valence-corrected chi connectivity index (χ0v) is 16.1. The molecular formula is C18H19ClN4O2S. The number of carbonyl (C=O) groups is 1. The van der Waals surface area contributed by atoms with Crippen molar-refractivity contribution in [1.82, 2.24) is 14.8 Å². The molecular weight excluding hydrogens is 372 g/mol. The van der Waals surface area contributed by atoms with Crippen molar-refractivity contribution in [3.63, 3.8) is 0 Å². The molecule has 26 heavy (non-hydrogen) atoms. The van der Waals surface area contributed by atoms with E-state index in [2.05, 4.69) is 22.4 Å². The van der Waals surface area contributed by atoms with Crippen LogP contribution in [-0.4, -0.2) is 26.4 Å². The molecule has 6 nitrogen and oxygen atoms in total. The number of carbonyl (C=O) groups excluding carboxylic acids is 1. The van der Waals surface area contributed by atoms with Gasteiger partial charge in [-0.05, 0) is 31.5 Å².